The number of methoxy groups -OCH3 is 1. The van der Waals surface area contributed by atoms with E-state index in [0.29, 0.717) is 17.5 Å². The van der Waals surface area contributed by atoms with Crippen LogP contribution in [0.1, 0.15) is 74.3 Å². The zero-order valence-corrected chi connectivity index (χ0v) is 23.1. The number of aliphatic carboxylic acids is 1. The minimum absolute atomic E-state index is 0.129. The molecule has 2 aromatic carbocycles. The fourth-order valence-corrected chi connectivity index (χ4v) is 5.81. The first kappa shape index (κ1) is 27.1. The van der Waals surface area contributed by atoms with E-state index in [4.69, 9.17) is 9.47 Å². The Morgan fingerprint density at radius 1 is 1.21 bits per heavy atom. The zero-order chi connectivity index (χ0) is 27.7. The largest absolute Gasteiger partial charge is 0.485 e. The van der Waals surface area contributed by atoms with Gasteiger partial charge in [-0.05, 0) is 85.0 Å². The van der Waals surface area contributed by atoms with Crippen molar-refractivity contribution in [2.45, 2.75) is 71.1 Å². The SMILES string of the molecule is COc1cc(-c2ccc(C3CCc4ccc([C@H](C)[C@H](C)C(=O)O)cc4O3)c(CN3CCC[C@@H]3C)c2)c(F)cn1. The van der Waals surface area contributed by atoms with Gasteiger partial charge < -0.3 is 14.6 Å². The number of aromatic nitrogens is 1. The average molecular weight is 533 g/mol. The summed E-state index contributed by atoms with van der Waals surface area (Å²) in [5.74, 6) is -0.610. The monoisotopic (exact) mass is 532 g/mol. The Morgan fingerprint density at radius 2 is 2.03 bits per heavy atom. The van der Waals surface area contributed by atoms with Crippen LogP contribution in [-0.4, -0.2) is 40.7 Å². The summed E-state index contributed by atoms with van der Waals surface area (Å²) in [7, 11) is 1.53. The molecule has 39 heavy (non-hydrogen) atoms. The highest BCUT2D eigenvalue weighted by Gasteiger charge is 2.28. The second kappa shape index (κ2) is 11.3. The van der Waals surface area contributed by atoms with E-state index in [9.17, 15) is 14.3 Å². The molecule has 3 heterocycles. The number of carboxylic acid groups (broad SMARTS) is 1. The Morgan fingerprint density at radius 3 is 2.74 bits per heavy atom. The fourth-order valence-electron chi connectivity index (χ4n) is 5.81. The van der Waals surface area contributed by atoms with Gasteiger partial charge in [-0.3, -0.25) is 9.69 Å². The predicted molar refractivity (Wildman–Crippen MR) is 149 cm³/mol. The highest BCUT2D eigenvalue weighted by atomic mass is 19.1. The molecule has 1 unspecified atom stereocenters. The van der Waals surface area contributed by atoms with Crippen LogP contribution in [-0.2, 0) is 17.8 Å². The van der Waals surface area contributed by atoms with E-state index in [1.807, 2.05) is 25.1 Å². The van der Waals surface area contributed by atoms with Gasteiger partial charge in [0, 0.05) is 24.2 Å². The smallest absolute Gasteiger partial charge is 0.306 e. The lowest BCUT2D eigenvalue weighted by Crippen LogP contribution is -2.27. The highest BCUT2D eigenvalue weighted by molar-refractivity contribution is 5.71. The third kappa shape index (κ3) is 5.64. The molecular weight excluding hydrogens is 495 g/mol. The third-order valence-electron chi connectivity index (χ3n) is 8.61. The standard InChI is InChI=1S/C32H37FN2O4/c1-19-6-5-13-35(19)18-25-14-24(27-16-31(38-4)34-17-28(27)33)9-11-26(25)29-12-10-22-7-8-23(15-30(22)39-29)20(2)21(3)32(36)37/h7-9,11,14-17,19-21,29H,5-6,10,12-13,18H2,1-4H3,(H,36,37)/t19-,20+,21-,29?/m0/s1. The Bertz CT molecular complexity index is 1360. The average Bonchev–Trinajstić information content (AvgIpc) is 3.35. The van der Waals surface area contributed by atoms with Gasteiger partial charge in [0.25, 0.3) is 0 Å². The van der Waals surface area contributed by atoms with Gasteiger partial charge in [0.1, 0.15) is 17.7 Å². The van der Waals surface area contributed by atoms with Crippen molar-refractivity contribution in [1.82, 2.24) is 9.88 Å². The number of aryl methyl sites for hydroxylation is 1. The van der Waals surface area contributed by atoms with Crippen LogP contribution >= 0.6 is 0 Å². The lowest BCUT2D eigenvalue weighted by atomic mass is 9.86. The number of likely N-dealkylation sites (tertiary alicyclic amines) is 1. The van der Waals surface area contributed by atoms with E-state index in [-0.39, 0.29) is 17.8 Å². The first-order valence-corrected chi connectivity index (χ1v) is 13.8. The summed E-state index contributed by atoms with van der Waals surface area (Å²) in [4.78, 5) is 18.0. The van der Waals surface area contributed by atoms with E-state index in [1.165, 1.54) is 26.1 Å². The van der Waals surface area contributed by atoms with Crippen LogP contribution in [0.4, 0.5) is 4.39 Å². The number of nitrogens with zero attached hydrogens (tertiary/aromatic N) is 2. The molecule has 1 N–H and O–H groups in total. The number of pyridine rings is 1. The molecule has 4 atom stereocenters. The van der Waals surface area contributed by atoms with Gasteiger partial charge in [0.2, 0.25) is 5.88 Å². The zero-order valence-electron chi connectivity index (χ0n) is 23.1. The third-order valence-corrected chi connectivity index (χ3v) is 8.61. The van der Waals surface area contributed by atoms with Crippen LogP contribution in [0.15, 0.2) is 48.7 Å². The van der Waals surface area contributed by atoms with Gasteiger partial charge in [0.15, 0.2) is 0 Å². The molecule has 0 bridgehead atoms. The van der Waals surface area contributed by atoms with Gasteiger partial charge in [-0.15, -0.1) is 0 Å². The van der Waals surface area contributed by atoms with E-state index in [2.05, 4.69) is 35.0 Å². The van der Waals surface area contributed by atoms with Gasteiger partial charge in [0.05, 0.1) is 19.2 Å². The number of hydrogen-bond donors (Lipinski definition) is 1. The summed E-state index contributed by atoms with van der Waals surface area (Å²) < 4.78 is 26.7. The Labute approximate surface area is 229 Å². The van der Waals surface area contributed by atoms with E-state index in [0.717, 1.165) is 59.5 Å². The lowest BCUT2D eigenvalue weighted by molar-refractivity contribution is -0.141. The predicted octanol–water partition coefficient (Wildman–Crippen LogP) is 6.77. The molecule has 1 saturated heterocycles. The Balaban J connectivity index is 1.49. The molecule has 0 amide bonds. The van der Waals surface area contributed by atoms with Crippen molar-refractivity contribution in [3.63, 3.8) is 0 Å². The van der Waals surface area contributed by atoms with Crippen LogP contribution in [0.5, 0.6) is 11.6 Å². The second-order valence-corrected chi connectivity index (χ2v) is 11.0. The minimum atomic E-state index is -0.803. The quantitative estimate of drug-likeness (QED) is 0.345. The maximum absolute atomic E-state index is 14.8. The van der Waals surface area contributed by atoms with Gasteiger partial charge in [-0.25, -0.2) is 9.37 Å². The summed E-state index contributed by atoms with van der Waals surface area (Å²) in [5.41, 5.74) is 5.60. The number of carbonyl (C=O) groups is 1. The number of carboxylic acids is 1. The normalized spacial score (nSPS) is 20.6. The Kier molecular flexibility index (Phi) is 7.89. The number of rotatable bonds is 8. The number of benzene rings is 2. The molecule has 0 aliphatic carbocycles. The van der Waals surface area contributed by atoms with Gasteiger partial charge in [-0.1, -0.05) is 38.1 Å². The van der Waals surface area contributed by atoms with Crippen molar-refractivity contribution in [3.8, 4) is 22.8 Å². The maximum Gasteiger partial charge on any atom is 0.306 e. The molecule has 5 rings (SSSR count). The van der Waals surface area contributed by atoms with Crippen molar-refractivity contribution in [1.29, 1.82) is 0 Å². The molecule has 0 spiro atoms. The van der Waals surface area contributed by atoms with E-state index >= 15 is 0 Å². The van der Waals surface area contributed by atoms with E-state index in [1.54, 1.807) is 13.0 Å². The summed E-state index contributed by atoms with van der Waals surface area (Å²) in [6.07, 6.45) is 5.13. The van der Waals surface area contributed by atoms with Crippen molar-refractivity contribution in [2.24, 2.45) is 5.92 Å². The molecule has 6 nitrogen and oxygen atoms in total. The van der Waals surface area contributed by atoms with Crippen molar-refractivity contribution in [3.05, 3.63) is 76.7 Å². The summed E-state index contributed by atoms with van der Waals surface area (Å²) >= 11 is 0. The minimum Gasteiger partial charge on any atom is -0.485 e. The van der Waals surface area contributed by atoms with Crippen LogP contribution < -0.4 is 9.47 Å². The van der Waals surface area contributed by atoms with E-state index < -0.39 is 11.9 Å². The van der Waals surface area contributed by atoms with Crippen molar-refractivity contribution >= 4 is 5.97 Å². The molecule has 0 saturated carbocycles. The number of hydrogen-bond acceptors (Lipinski definition) is 5. The van der Waals surface area contributed by atoms with Gasteiger partial charge >= 0.3 is 5.97 Å². The topological polar surface area (TPSA) is 71.9 Å². The van der Waals surface area contributed by atoms with Gasteiger partial charge in [-0.2, -0.15) is 0 Å². The second-order valence-electron chi connectivity index (χ2n) is 11.0. The molecule has 7 heteroatoms. The molecule has 0 radical (unpaired) electrons. The molecule has 2 aliphatic rings. The van der Waals surface area contributed by atoms with Crippen LogP contribution in [0.3, 0.4) is 0 Å². The van der Waals surface area contributed by atoms with Crippen molar-refractivity contribution in [2.75, 3.05) is 13.7 Å². The first-order valence-electron chi connectivity index (χ1n) is 13.8. The first-order chi connectivity index (χ1) is 18.7. The van der Waals surface area contributed by atoms with Crippen molar-refractivity contribution < 1.29 is 23.8 Å². The molecule has 1 aromatic heterocycles. The summed E-state index contributed by atoms with van der Waals surface area (Å²) in [6.45, 7) is 7.76. The molecule has 3 aromatic rings. The Hall–Kier alpha value is -3.45. The molecule has 1 fully saturated rings. The lowest BCUT2D eigenvalue weighted by Gasteiger charge is -2.31. The molecular formula is C32H37FN2O4. The van der Waals surface area contributed by atoms with Crippen LogP contribution in [0, 0.1) is 11.7 Å². The summed E-state index contributed by atoms with van der Waals surface area (Å²) in [6, 6.07) is 14.4. The number of halogens is 1. The summed E-state index contributed by atoms with van der Waals surface area (Å²) in [5, 5.41) is 9.49. The highest BCUT2D eigenvalue weighted by Crippen LogP contribution is 2.40. The molecule has 2 aliphatic heterocycles. The molecule has 206 valence electrons. The maximum atomic E-state index is 14.8. The number of ether oxygens (including phenoxy) is 2. The fraction of sp³-hybridized carbons (Fsp3) is 0.438. The number of fused-ring (bicyclic) bond motifs is 1. The van der Waals surface area contributed by atoms with Crippen LogP contribution in [0.25, 0.3) is 11.1 Å². The van der Waals surface area contributed by atoms with Crippen LogP contribution in [0.2, 0.25) is 0 Å².